The van der Waals surface area contributed by atoms with E-state index in [4.69, 9.17) is 9.15 Å². The van der Waals surface area contributed by atoms with Gasteiger partial charge in [-0.15, -0.1) is 0 Å². The van der Waals surface area contributed by atoms with E-state index in [0.717, 1.165) is 11.1 Å². The van der Waals surface area contributed by atoms with E-state index in [1.54, 1.807) is 44.2 Å². The molecule has 4 aromatic rings. The van der Waals surface area contributed by atoms with Crippen molar-refractivity contribution >= 4 is 29.1 Å². The van der Waals surface area contributed by atoms with E-state index in [1.807, 2.05) is 24.3 Å². The predicted molar refractivity (Wildman–Crippen MR) is 156 cm³/mol. The molecule has 10 heteroatoms. The molecule has 3 heterocycles. The number of thiazole rings is 1. The van der Waals surface area contributed by atoms with E-state index in [9.17, 15) is 19.7 Å². The van der Waals surface area contributed by atoms with Gasteiger partial charge >= 0.3 is 5.97 Å². The van der Waals surface area contributed by atoms with Gasteiger partial charge in [0.1, 0.15) is 5.76 Å². The zero-order valence-corrected chi connectivity index (χ0v) is 24.2. The van der Waals surface area contributed by atoms with E-state index < -0.39 is 16.9 Å². The number of nitro groups is 1. The second-order valence-electron chi connectivity index (χ2n) is 10.7. The Balaban J connectivity index is 1.63. The largest absolute Gasteiger partial charge is 0.463 e. The van der Waals surface area contributed by atoms with Gasteiger partial charge in [-0.1, -0.05) is 68.5 Å². The third-order valence-corrected chi connectivity index (χ3v) is 7.88. The number of hydrogen-bond acceptors (Lipinski definition) is 8. The molecule has 0 amide bonds. The summed E-state index contributed by atoms with van der Waals surface area (Å²) in [5, 5.41) is 11.5. The average molecular weight is 572 g/mol. The number of para-hydroxylation sites is 1. The first kappa shape index (κ1) is 28.0. The van der Waals surface area contributed by atoms with Gasteiger partial charge in [0.05, 0.1) is 45.2 Å². The number of ether oxygens (including phenoxy) is 1. The summed E-state index contributed by atoms with van der Waals surface area (Å²) in [4.78, 5) is 43.1. The van der Waals surface area contributed by atoms with Gasteiger partial charge in [0.15, 0.2) is 4.80 Å². The van der Waals surface area contributed by atoms with Gasteiger partial charge in [0.25, 0.3) is 11.2 Å². The van der Waals surface area contributed by atoms with Crippen molar-refractivity contribution in [3.63, 3.8) is 0 Å². The highest BCUT2D eigenvalue weighted by Gasteiger charge is 2.33. The fraction of sp³-hybridized carbons (Fsp3) is 0.258. The zero-order chi connectivity index (χ0) is 29.5. The van der Waals surface area contributed by atoms with E-state index in [2.05, 4.69) is 25.8 Å². The normalized spacial score (nSPS) is 15.4. The van der Waals surface area contributed by atoms with Crippen LogP contribution >= 0.6 is 11.3 Å². The lowest BCUT2D eigenvalue weighted by Crippen LogP contribution is -2.40. The molecule has 0 bridgehead atoms. The monoisotopic (exact) mass is 571 g/mol. The third-order valence-electron chi connectivity index (χ3n) is 6.89. The summed E-state index contributed by atoms with van der Waals surface area (Å²) in [7, 11) is 0. The first-order valence-electron chi connectivity index (χ1n) is 13.1. The molecule has 0 aliphatic carbocycles. The van der Waals surface area contributed by atoms with Crippen LogP contribution in [0.3, 0.4) is 0 Å². The minimum Gasteiger partial charge on any atom is -0.463 e. The molecule has 41 heavy (non-hydrogen) atoms. The van der Waals surface area contributed by atoms with Gasteiger partial charge in [-0.05, 0) is 48.6 Å². The predicted octanol–water partition coefficient (Wildman–Crippen LogP) is 5.26. The maximum atomic E-state index is 13.9. The number of aromatic nitrogens is 1. The fourth-order valence-electron chi connectivity index (χ4n) is 4.83. The summed E-state index contributed by atoms with van der Waals surface area (Å²) < 4.78 is 12.9. The van der Waals surface area contributed by atoms with Gasteiger partial charge in [0.2, 0.25) is 0 Å². The van der Waals surface area contributed by atoms with Gasteiger partial charge in [-0.2, -0.15) is 0 Å². The van der Waals surface area contributed by atoms with Crippen LogP contribution in [0.4, 0.5) is 5.69 Å². The van der Waals surface area contributed by atoms with Gasteiger partial charge in [-0.25, -0.2) is 9.79 Å². The van der Waals surface area contributed by atoms with Gasteiger partial charge < -0.3 is 9.15 Å². The number of carbonyl (C=O) groups excluding carboxylic acids is 1. The Morgan fingerprint density at radius 1 is 1.20 bits per heavy atom. The van der Waals surface area contributed by atoms with E-state index in [1.165, 1.54) is 28.2 Å². The quantitative estimate of drug-likeness (QED) is 0.177. The summed E-state index contributed by atoms with van der Waals surface area (Å²) in [6, 6.07) is 15.1. The molecule has 1 aliphatic heterocycles. The number of esters is 1. The smallest absolute Gasteiger partial charge is 0.338 e. The topological polar surface area (TPSA) is 117 Å². The molecule has 1 atom stereocenters. The van der Waals surface area contributed by atoms with Crippen LogP contribution < -0.4 is 14.9 Å². The van der Waals surface area contributed by atoms with Crippen LogP contribution in [0.5, 0.6) is 0 Å². The minimum absolute atomic E-state index is 0.0632. The van der Waals surface area contributed by atoms with E-state index >= 15 is 0 Å². The van der Waals surface area contributed by atoms with Gasteiger partial charge in [0, 0.05) is 11.6 Å². The van der Waals surface area contributed by atoms with Crippen LogP contribution in [0, 0.1) is 10.1 Å². The van der Waals surface area contributed by atoms with Crippen molar-refractivity contribution in [1.82, 2.24) is 4.57 Å². The number of rotatable bonds is 6. The Bertz CT molecular complexity index is 1870. The highest BCUT2D eigenvalue weighted by molar-refractivity contribution is 7.07. The molecule has 2 aromatic heterocycles. The summed E-state index contributed by atoms with van der Waals surface area (Å²) >= 11 is 1.20. The van der Waals surface area contributed by atoms with E-state index in [0.29, 0.717) is 37.5 Å². The molecule has 0 radical (unpaired) electrons. The van der Waals surface area contributed by atoms with Crippen LogP contribution in [-0.4, -0.2) is 22.1 Å². The molecule has 2 aromatic carbocycles. The SMILES string of the molecule is CCOC(=O)C1=C(C)N=c2s/c(=C/c3coc(-c4ccccc4[N+](=O)[O-])c3)c(=O)n2C1c1ccc(C(C)(C)C)cc1. The zero-order valence-electron chi connectivity index (χ0n) is 23.3. The molecule has 1 aliphatic rings. The first-order chi connectivity index (χ1) is 19.5. The average Bonchev–Trinajstić information content (AvgIpc) is 3.51. The molecular formula is C31H29N3O6S. The second kappa shape index (κ2) is 10.8. The highest BCUT2D eigenvalue weighted by atomic mass is 32.1. The summed E-state index contributed by atoms with van der Waals surface area (Å²) in [6.07, 6.45) is 3.11. The Morgan fingerprint density at radius 2 is 1.90 bits per heavy atom. The lowest BCUT2D eigenvalue weighted by molar-refractivity contribution is -0.384. The fourth-order valence-corrected chi connectivity index (χ4v) is 5.88. The first-order valence-corrected chi connectivity index (χ1v) is 13.9. The molecule has 9 nitrogen and oxygen atoms in total. The van der Waals surface area contributed by atoms with Crippen molar-refractivity contribution in [1.29, 1.82) is 0 Å². The van der Waals surface area contributed by atoms with Gasteiger partial charge in [-0.3, -0.25) is 19.5 Å². The van der Waals surface area contributed by atoms with Crippen molar-refractivity contribution in [3.8, 4) is 11.3 Å². The number of nitrogens with zero attached hydrogens (tertiary/aromatic N) is 3. The van der Waals surface area contributed by atoms with Crippen LogP contribution in [0.1, 0.15) is 57.4 Å². The maximum absolute atomic E-state index is 13.9. The lowest BCUT2D eigenvalue weighted by Gasteiger charge is -2.26. The van der Waals surface area contributed by atoms with Crippen molar-refractivity contribution in [2.24, 2.45) is 4.99 Å². The number of carbonyl (C=O) groups is 1. The molecule has 1 unspecified atom stereocenters. The third kappa shape index (κ3) is 5.30. The standard InChI is InChI=1S/C31H29N3O6S/c1-6-39-29(36)26-18(2)32-30-33(27(26)20-11-13-21(14-12-20)31(3,4)5)28(35)25(41-30)16-19-15-24(40-17-19)22-9-7-8-10-23(22)34(37)38/h7-17,27H,6H2,1-5H3/b25-16+. The Hall–Kier alpha value is -4.57. The van der Waals surface area contributed by atoms with Crippen molar-refractivity contribution < 1.29 is 18.9 Å². The van der Waals surface area contributed by atoms with Crippen LogP contribution in [-0.2, 0) is 14.9 Å². The van der Waals surface area contributed by atoms with Crippen molar-refractivity contribution in [2.75, 3.05) is 6.61 Å². The maximum Gasteiger partial charge on any atom is 0.338 e. The molecule has 0 saturated carbocycles. The lowest BCUT2D eigenvalue weighted by atomic mass is 9.85. The van der Waals surface area contributed by atoms with Crippen molar-refractivity contribution in [2.45, 2.75) is 46.1 Å². The second-order valence-corrected chi connectivity index (χ2v) is 11.7. The van der Waals surface area contributed by atoms with E-state index in [-0.39, 0.29) is 23.3 Å². The number of benzene rings is 2. The molecule has 0 spiro atoms. The molecule has 5 rings (SSSR count). The number of fused-ring (bicyclic) bond motifs is 1. The minimum atomic E-state index is -0.714. The highest BCUT2D eigenvalue weighted by Crippen LogP contribution is 2.33. The molecule has 0 N–H and O–H groups in total. The molecule has 0 saturated heterocycles. The molecule has 210 valence electrons. The Morgan fingerprint density at radius 3 is 2.56 bits per heavy atom. The summed E-state index contributed by atoms with van der Waals surface area (Å²) in [5.74, 6) is -0.203. The summed E-state index contributed by atoms with van der Waals surface area (Å²) in [5.41, 5.74) is 3.15. The van der Waals surface area contributed by atoms with Crippen LogP contribution in [0.2, 0.25) is 0 Å². The summed E-state index contributed by atoms with van der Waals surface area (Å²) in [6.45, 7) is 10.0. The van der Waals surface area contributed by atoms with Crippen molar-refractivity contribution in [3.05, 3.63) is 119 Å². The Labute approximate surface area is 239 Å². The van der Waals surface area contributed by atoms with Crippen LogP contribution in [0.25, 0.3) is 17.4 Å². The molecule has 0 fully saturated rings. The number of furan rings is 1. The molecular weight excluding hydrogens is 542 g/mol. The number of allylic oxidation sites excluding steroid dienone is 1. The van der Waals surface area contributed by atoms with Crippen LogP contribution in [0.15, 0.2) is 86.3 Å². The number of nitro benzene ring substituents is 1. The Kier molecular flexibility index (Phi) is 7.35. The number of hydrogen-bond donors (Lipinski definition) is 0.